The minimum atomic E-state index is -0.833. The monoisotopic (exact) mass is 284 g/mol. The van der Waals surface area contributed by atoms with Gasteiger partial charge in [-0.05, 0) is 35.9 Å². The van der Waals surface area contributed by atoms with Crippen molar-refractivity contribution < 1.29 is 18.0 Å². The second-order valence-electron chi connectivity index (χ2n) is 3.96. The number of rotatable bonds is 3. The van der Waals surface area contributed by atoms with Gasteiger partial charge in [0.25, 0.3) is 0 Å². The zero-order valence-corrected chi connectivity index (χ0v) is 10.3. The quantitative estimate of drug-likeness (QED) is 0.773. The Morgan fingerprint density at radius 2 is 1.74 bits per heavy atom. The van der Waals surface area contributed by atoms with E-state index in [1.807, 2.05) is 0 Å². The van der Waals surface area contributed by atoms with Gasteiger partial charge in [-0.2, -0.15) is 0 Å². The van der Waals surface area contributed by atoms with Crippen molar-refractivity contribution in [3.05, 3.63) is 70.0 Å². The van der Waals surface area contributed by atoms with Gasteiger partial charge in [0.2, 0.25) is 0 Å². The van der Waals surface area contributed by atoms with Gasteiger partial charge in [0.05, 0.1) is 5.56 Å². The summed E-state index contributed by atoms with van der Waals surface area (Å²) in [6, 6.07) is 6.40. The van der Waals surface area contributed by atoms with Gasteiger partial charge in [-0.3, -0.25) is 4.79 Å². The van der Waals surface area contributed by atoms with Crippen molar-refractivity contribution in [2.24, 2.45) is 0 Å². The van der Waals surface area contributed by atoms with E-state index in [4.69, 9.17) is 11.6 Å². The van der Waals surface area contributed by atoms with Crippen molar-refractivity contribution in [1.82, 2.24) is 0 Å². The second kappa shape index (κ2) is 5.45. The Kier molecular flexibility index (Phi) is 3.90. The van der Waals surface area contributed by atoms with Crippen LogP contribution >= 0.6 is 11.6 Å². The van der Waals surface area contributed by atoms with E-state index in [0.717, 1.165) is 24.3 Å². The number of ketones is 1. The molecule has 2 rings (SSSR count). The lowest BCUT2D eigenvalue weighted by molar-refractivity contribution is 0.0987. The summed E-state index contributed by atoms with van der Waals surface area (Å²) in [5.74, 6) is -2.90. The third-order valence-electron chi connectivity index (χ3n) is 2.59. The van der Waals surface area contributed by atoms with Crippen molar-refractivity contribution in [2.75, 3.05) is 0 Å². The fourth-order valence-corrected chi connectivity index (χ4v) is 1.80. The van der Waals surface area contributed by atoms with E-state index in [0.29, 0.717) is 0 Å². The Morgan fingerprint density at radius 3 is 2.42 bits per heavy atom. The van der Waals surface area contributed by atoms with Crippen LogP contribution in [0.3, 0.4) is 0 Å². The molecule has 2 aromatic carbocycles. The fraction of sp³-hybridized carbons (Fsp3) is 0.0714. The zero-order chi connectivity index (χ0) is 14.0. The summed E-state index contributed by atoms with van der Waals surface area (Å²) in [4.78, 5) is 11.8. The minimum Gasteiger partial charge on any atom is -0.294 e. The molecule has 1 nitrogen and oxygen atoms in total. The molecule has 0 aliphatic carbocycles. The molecule has 0 fully saturated rings. The lowest BCUT2D eigenvalue weighted by atomic mass is 10.0. The molecule has 0 unspecified atom stereocenters. The third kappa shape index (κ3) is 3.15. The van der Waals surface area contributed by atoms with Crippen LogP contribution in [0.15, 0.2) is 36.4 Å². The number of hydrogen-bond acceptors (Lipinski definition) is 1. The summed E-state index contributed by atoms with van der Waals surface area (Å²) in [6.45, 7) is 0. The Labute approximate surface area is 112 Å². The molecule has 0 aliphatic rings. The van der Waals surface area contributed by atoms with Crippen molar-refractivity contribution in [1.29, 1.82) is 0 Å². The van der Waals surface area contributed by atoms with Crippen LogP contribution in [-0.2, 0) is 6.42 Å². The largest absolute Gasteiger partial charge is 0.294 e. The Bertz CT molecular complexity index is 641. The first-order valence-electron chi connectivity index (χ1n) is 5.39. The molecule has 0 amide bonds. The van der Waals surface area contributed by atoms with Gasteiger partial charge < -0.3 is 0 Å². The maximum absolute atomic E-state index is 13.5. The molecule has 0 bridgehead atoms. The molecule has 0 N–H and O–H groups in total. The molecule has 19 heavy (non-hydrogen) atoms. The molecule has 0 atom stereocenters. The van der Waals surface area contributed by atoms with Crippen LogP contribution in [0.5, 0.6) is 0 Å². The van der Waals surface area contributed by atoms with Crippen LogP contribution in [0, 0.1) is 17.5 Å². The fourth-order valence-electron chi connectivity index (χ4n) is 1.64. The highest BCUT2D eigenvalue weighted by Crippen LogP contribution is 2.18. The predicted molar refractivity (Wildman–Crippen MR) is 65.8 cm³/mol. The number of carbonyl (C=O) groups excluding carboxylic acids is 1. The van der Waals surface area contributed by atoms with Crippen molar-refractivity contribution >= 4 is 17.4 Å². The topological polar surface area (TPSA) is 17.1 Å². The van der Waals surface area contributed by atoms with E-state index in [1.54, 1.807) is 0 Å². The Hall–Kier alpha value is -1.81. The Balaban J connectivity index is 2.28. The van der Waals surface area contributed by atoms with Crippen LogP contribution in [0.4, 0.5) is 13.2 Å². The maximum atomic E-state index is 13.5. The van der Waals surface area contributed by atoms with E-state index in [9.17, 15) is 18.0 Å². The molecular weight excluding hydrogens is 277 g/mol. The standard InChI is InChI=1S/C14H8ClF3O/c15-9-2-1-8(13(18)6-9)5-14(19)11-7-10(16)3-4-12(11)17/h1-4,6-7H,5H2. The normalized spacial score (nSPS) is 10.5. The number of hydrogen-bond donors (Lipinski definition) is 0. The van der Waals surface area contributed by atoms with Crippen molar-refractivity contribution in [3.8, 4) is 0 Å². The van der Waals surface area contributed by atoms with E-state index in [-0.39, 0.29) is 17.0 Å². The summed E-state index contributed by atoms with van der Waals surface area (Å²) in [6.07, 6.45) is -0.358. The van der Waals surface area contributed by atoms with E-state index >= 15 is 0 Å². The molecular formula is C14H8ClF3O. The SMILES string of the molecule is O=C(Cc1ccc(Cl)cc1F)c1cc(F)ccc1F. The number of Topliss-reactive ketones (excluding diaryl/α,β-unsaturated/α-hetero) is 1. The predicted octanol–water partition coefficient (Wildman–Crippen LogP) is 4.18. The molecule has 0 aromatic heterocycles. The highest BCUT2D eigenvalue weighted by Gasteiger charge is 2.15. The molecule has 0 spiro atoms. The summed E-state index contributed by atoms with van der Waals surface area (Å²) in [5, 5.41) is 0.200. The van der Waals surface area contributed by atoms with Crippen molar-refractivity contribution in [2.45, 2.75) is 6.42 Å². The number of carbonyl (C=O) groups is 1. The molecule has 0 aliphatic heterocycles. The van der Waals surface area contributed by atoms with Gasteiger partial charge in [0, 0.05) is 11.4 Å². The van der Waals surface area contributed by atoms with Crippen LogP contribution in [0.25, 0.3) is 0 Å². The van der Waals surface area contributed by atoms with Gasteiger partial charge in [-0.15, -0.1) is 0 Å². The highest BCUT2D eigenvalue weighted by atomic mass is 35.5. The first-order valence-corrected chi connectivity index (χ1v) is 5.77. The first-order chi connectivity index (χ1) is 8.97. The number of halogens is 4. The van der Waals surface area contributed by atoms with E-state index in [2.05, 4.69) is 0 Å². The smallest absolute Gasteiger partial charge is 0.170 e. The van der Waals surface area contributed by atoms with Gasteiger partial charge in [0.15, 0.2) is 5.78 Å². The highest BCUT2D eigenvalue weighted by molar-refractivity contribution is 6.30. The van der Waals surface area contributed by atoms with Gasteiger partial charge in [-0.25, -0.2) is 13.2 Å². The first kappa shape index (κ1) is 13.6. The van der Waals surface area contributed by atoms with Crippen molar-refractivity contribution in [3.63, 3.8) is 0 Å². The summed E-state index contributed by atoms with van der Waals surface area (Å²) < 4.78 is 39.9. The maximum Gasteiger partial charge on any atom is 0.170 e. The van der Waals surface area contributed by atoms with Gasteiger partial charge in [-0.1, -0.05) is 17.7 Å². The minimum absolute atomic E-state index is 0.0815. The lowest BCUT2D eigenvalue weighted by Gasteiger charge is -2.05. The summed E-state index contributed by atoms with van der Waals surface area (Å²) in [7, 11) is 0. The van der Waals surface area contributed by atoms with Gasteiger partial charge in [0.1, 0.15) is 17.5 Å². The molecule has 2 aromatic rings. The molecule has 0 heterocycles. The zero-order valence-electron chi connectivity index (χ0n) is 9.59. The average Bonchev–Trinajstić information content (AvgIpc) is 2.35. The molecule has 5 heteroatoms. The van der Waals surface area contributed by atoms with Gasteiger partial charge >= 0.3 is 0 Å². The summed E-state index contributed by atoms with van der Waals surface area (Å²) in [5.41, 5.74) is -0.313. The van der Waals surface area contributed by atoms with Crippen LogP contribution < -0.4 is 0 Å². The van der Waals surface area contributed by atoms with Crippen LogP contribution in [0.1, 0.15) is 15.9 Å². The lowest BCUT2D eigenvalue weighted by Crippen LogP contribution is -2.08. The third-order valence-corrected chi connectivity index (χ3v) is 2.83. The second-order valence-corrected chi connectivity index (χ2v) is 4.40. The number of benzene rings is 2. The molecule has 0 radical (unpaired) electrons. The Morgan fingerprint density at radius 1 is 1.00 bits per heavy atom. The van der Waals surface area contributed by atoms with Crippen LogP contribution in [0.2, 0.25) is 5.02 Å². The van der Waals surface area contributed by atoms with E-state index < -0.39 is 28.8 Å². The van der Waals surface area contributed by atoms with E-state index in [1.165, 1.54) is 12.1 Å². The molecule has 0 saturated heterocycles. The molecule has 0 saturated carbocycles. The van der Waals surface area contributed by atoms with Crippen LogP contribution in [-0.4, -0.2) is 5.78 Å². The molecule has 98 valence electrons. The average molecular weight is 285 g/mol. The summed E-state index contributed by atoms with van der Waals surface area (Å²) >= 11 is 5.58.